The number of aliphatic hydroxyl groups excluding tert-OH is 3. The zero-order valence-corrected chi connectivity index (χ0v) is 20.1. The maximum Gasteiger partial charge on any atom is 0.114 e. The first-order valence-electron chi connectivity index (χ1n) is 13.0. The third-order valence-corrected chi connectivity index (χ3v) is 6.32. The van der Waals surface area contributed by atoms with Crippen molar-refractivity contribution in [2.24, 2.45) is 0 Å². The second-order valence-corrected chi connectivity index (χ2v) is 9.11. The topological polar surface area (TPSA) is 79.2 Å². The molecule has 0 unspecified atom stereocenters. The number of hydrogen-bond donors (Lipinski definition) is 3. The summed E-state index contributed by atoms with van der Waals surface area (Å²) < 4.78 is 11.0. The van der Waals surface area contributed by atoms with Gasteiger partial charge in [0.25, 0.3) is 0 Å². The highest BCUT2D eigenvalue weighted by atomic mass is 16.6. The van der Waals surface area contributed by atoms with Crippen molar-refractivity contribution < 1.29 is 24.8 Å². The molecule has 0 aliphatic carbocycles. The fourth-order valence-corrected chi connectivity index (χ4v) is 4.27. The molecule has 0 radical (unpaired) electrons. The van der Waals surface area contributed by atoms with Crippen molar-refractivity contribution in [1.29, 1.82) is 0 Å². The van der Waals surface area contributed by atoms with Crippen molar-refractivity contribution in [3.05, 3.63) is 12.2 Å². The fourth-order valence-electron chi connectivity index (χ4n) is 4.27. The van der Waals surface area contributed by atoms with Gasteiger partial charge < -0.3 is 24.8 Å². The van der Waals surface area contributed by atoms with Crippen molar-refractivity contribution in [3.63, 3.8) is 0 Å². The van der Waals surface area contributed by atoms with Crippen LogP contribution < -0.4 is 0 Å². The van der Waals surface area contributed by atoms with Gasteiger partial charge in [0.05, 0.1) is 13.2 Å². The van der Waals surface area contributed by atoms with Crippen LogP contribution in [0.2, 0.25) is 0 Å². The van der Waals surface area contributed by atoms with Crippen molar-refractivity contribution in [1.82, 2.24) is 0 Å². The maximum absolute atomic E-state index is 9.85. The predicted molar refractivity (Wildman–Crippen MR) is 127 cm³/mol. The summed E-state index contributed by atoms with van der Waals surface area (Å²) in [5, 5.41) is 28.8. The summed E-state index contributed by atoms with van der Waals surface area (Å²) in [6.45, 7) is 2.56. The molecular formula is C26H50O5. The quantitative estimate of drug-likeness (QED) is 0.166. The Kier molecular flexibility index (Phi) is 18.6. The lowest BCUT2D eigenvalue weighted by Gasteiger charge is -2.24. The number of aliphatic hydroxyl groups is 3. The predicted octanol–water partition coefficient (Wildman–Crippen LogP) is 5.30. The first kappa shape index (κ1) is 28.6. The molecule has 0 aromatic heterocycles. The third-order valence-electron chi connectivity index (χ3n) is 6.32. The molecule has 0 aromatic carbocycles. The van der Waals surface area contributed by atoms with Crippen molar-refractivity contribution >= 4 is 0 Å². The van der Waals surface area contributed by atoms with Crippen molar-refractivity contribution in [2.75, 3.05) is 19.8 Å². The van der Waals surface area contributed by atoms with Crippen LogP contribution >= 0.6 is 0 Å². The molecule has 3 N–H and O–H groups in total. The SMILES string of the molecule is C/C=C/CCCCCCCCCCCCCCCCCO[C@H](CO)[C@H]1OC[C@H](O)[C@H]1O. The lowest BCUT2D eigenvalue weighted by molar-refractivity contribution is -0.101. The molecular weight excluding hydrogens is 392 g/mol. The minimum Gasteiger partial charge on any atom is -0.394 e. The Hall–Kier alpha value is -0.460. The monoisotopic (exact) mass is 442 g/mol. The molecule has 0 saturated carbocycles. The highest BCUT2D eigenvalue weighted by Crippen LogP contribution is 2.20. The van der Waals surface area contributed by atoms with Crippen LogP contribution in [0.4, 0.5) is 0 Å². The second-order valence-electron chi connectivity index (χ2n) is 9.11. The molecule has 1 fully saturated rings. The molecule has 184 valence electrons. The molecule has 4 atom stereocenters. The van der Waals surface area contributed by atoms with Gasteiger partial charge in [-0.3, -0.25) is 0 Å². The van der Waals surface area contributed by atoms with Gasteiger partial charge >= 0.3 is 0 Å². The highest BCUT2D eigenvalue weighted by Gasteiger charge is 2.40. The smallest absolute Gasteiger partial charge is 0.114 e. The Morgan fingerprint density at radius 1 is 0.806 bits per heavy atom. The molecule has 1 aliphatic rings. The van der Waals surface area contributed by atoms with Gasteiger partial charge in [-0.05, 0) is 26.2 Å². The van der Waals surface area contributed by atoms with E-state index in [9.17, 15) is 15.3 Å². The van der Waals surface area contributed by atoms with Crippen LogP contribution in [0, 0.1) is 0 Å². The van der Waals surface area contributed by atoms with Gasteiger partial charge in [0.15, 0.2) is 0 Å². The molecule has 0 bridgehead atoms. The van der Waals surface area contributed by atoms with Crippen LogP contribution in [0.25, 0.3) is 0 Å². The molecule has 1 heterocycles. The van der Waals surface area contributed by atoms with E-state index in [4.69, 9.17) is 9.47 Å². The maximum atomic E-state index is 9.85. The van der Waals surface area contributed by atoms with Crippen LogP contribution in [-0.4, -0.2) is 59.6 Å². The van der Waals surface area contributed by atoms with Crippen LogP contribution in [-0.2, 0) is 9.47 Å². The summed E-state index contributed by atoms with van der Waals surface area (Å²) in [4.78, 5) is 0. The Balaban J connectivity index is 1.79. The summed E-state index contributed by atoms with van der Waals surface area (Å²) in [5.74, 6) is 0. The van der Waals surface area contributed by atoms with Gasteiger partial charge in [-0.15, -0.1) is 0 Å². The molecule has 0 aromatic rings. The van der Waals surface area contributed by atoms with E-state index in [-0.39, 0.29) is 13.2 Å². The van der Waals surface area contributed by atoms with E-state index in [1.807, 2.05) is 0 Å². The largest absolute Gasteiger partial charge is 0.394 e. The van der Waals surface area contributed by atoms with E-state index in [0.717, 1.165) is 12.8 Å². The number of ether oxygens (including phenoxy) is 2. The van der Waals surface area contributed by atoms with Gasteiger partial charge in [-0.2, -0.15) is 0 Å². The standard InChI is InChI=1S/C26H50O5/c1-2-3-4-5-6-7-8-9-10-11-12-13-14-15-16-17-18-19-20-30-24(21-27)26-25(29)23(28)22-31-26/h2-3,23-29H,4-22H2,1H3/b3-2+/t23-,24+,25+,26+/m0/s1. The molecule has 1 saturated heterocycles. The summed E-state index contributed by atoms with van der Waals surface area (Å²) in [7, 11) is 0. The van der Waals surface area contributed by atoms with Crippen LogP contribution in [0.1, 0.15) is 110 Å². The summed E-state index contributed by atoms with van der Waals surface area (Å²) >= 11 is 0. The molecule has 0 amide bonds. The van der Waals surface area contributed by atoms with Crippen LogP contribution in [0.3, 0.4) is 0 Å². The highest BCUT2D eigenvalue weighted by molar-refractivity contribution is 4.88. The van der Waals surface area contributed by atoms with Gasteiger partial charge in [0, 0.05) is 6.61 Å². The number of unbranched alkanes of at least 4 members (excludes halogenated alkanes) is 15. The van der Waals surface area contributed by atoms with Crippen molar-refractivity contribution in [3.8, 4) is 0 Å². The van der Waals surface area contributed by atoms with E-state index in [0.29, 0.717) is 6.61 Å². The third kappa shape index (κ3) is 14.3. The number of hydrogen-bond acceptors (Lipinski definition) is 5. The van der Waals surface area contributed by atoms with Gasteiger partial charge in [0.2, 0.25) is 0 Å². The molecule has 0 spiro atoms. The van der Waals surface area contributed by atoms with E-state index < -0.39 is 24.4 Å². The zero-order valence-electron chi connectivity index (χ0n) is 20.1. The van der Waals surface area contributed by atoms with E-state index in [1.165, 1.54) is 89.9 Å². The Bertz CT molecular complexity index is 415. The summed E-state index contributed by atoms with van der Waals surface area (Å²) in [6.07, 6.45) is 22.4. The molecule has 1 aliphatic heterocycles. The minimum atomic E-state index is -0.977. The molecule has 5 heteroatoms. The van der Waals surface area contributed by atoms with Gasteiger partial charge in [0.1, 0.15) is 24.4 Å². The molecule has 31 heavy (non-hydrogen) atoms. The Labute approximate surface area is 191 Å². The first-order valence-corrected chi connectivity index (χ1v) is 13.0. The van der Waals surface area contributed by atoms with E-state index in [2.05, 4.69) is 19.1 Å². The fraction of sp³-hybridized carbons (Fsp3) is 0.923. The molecule has 1 rings (SSSR count). The minimum absolute atomic E-state index is 0.100. The van der Waals surface area contributed by atoms with E-state index >= 15 is 0 Å². The first-order chi connectivity index (χ1) is 15.2. The zero-order chi connectivity index (χ0) is 22.6. The van der Waals surface area contributed by atoms with Crippen LogP contribution in [0.15, 0.2) is 12.2 Å². The lowest BCUT2D eigenvalue weighted by atomic mass is 10.0. The summed E-state index contributed by atoms with van der Waals surface area (Å²) in [6, 6.07) is 0. The average Bonchev–Trinajstić information content (AvgIpc) is 3.11. The van der Waals surface area contributed by atoms with Gasteiger partial charge in [-0.25, -0.2) is 0 Å². The normalized spacial score (nSPS) is 22.5. The van der Waals surface area contributed by atoms with E-state index in [1.54, 1.807) is 0 Å². The van der Waals surface area contributed by atoms with Gasteiger partial charge in [-0.1, -0.05) is 95.6 Å². The Morgan fingerprint density at radius 3 is 1.71 bits per heavy atom. The summed E-state index contributed by atoms with van der Waals surface area (Å²) in [5.41, 5.74) is 0. The number of allylic oxidation sites excluding steroid dienone is 2. The second kappa shape index (κ2) is 20.2. The van der Waals surface area contributed by atoms with Crippen molar-refractivity contribution in [2.45, 2.75) is 134 Å². The molecule has 5 nitrogen and oxygen atoms in total. The number of rotatable bonds is 21. The lowest BCUT2D eigenvalue weighted by Crippen LogP contribution is -2.42. The average molecular weight is 443 g/mol. The Morgan fingerprint density at radius 2 is 1.29 bits per heavy atom. The van der Waals surface area contributed by atoms with Crippen LogP contribution in [0.5, 0.6) is 0 Å².